The predicted octanol–water partition coefficient (Wildman–Crippen LogP) is 3.15. The summed E-state index contributed by atoms with van der Waals surface area (Å²) in [5.41, 5.74) is 6.69. The first-order valence-corrected chi connectivity index (χ1v) is 13.8. The molecule has 5 rings (SSSR count). The van der Waals surface area contributed by atoms with Gasteiger partial charge in [0.1, 0.15) is 17.9 Å². The number of nitrogens with zero attached hydrogens (tertiary/aromatic N) is 6. The van der Waals surface area contributed by atoms with E-state index in [0.29, 0.717) is 24.5 Å². The Bertz CT molecular complexity index is 1600. The van der Waals surface area contributed by atoms with E-state index >= 15 is 0 Å². The highest BCUT2D eigenvalue weighted by molar-refractivity contribution is 6.07. The van der Waals surface area contributed by atoms with Gasteiger partial charge in [-0.1, -0.05) is 12.1 Å². The van der Waals surface area contributed by atoms with E-state index in [1.54, 1.807) is 19.2 Å². The summed E-state index contributed by atoms with van der Waals surface area (Å²) in [6, 6.07) is 10.8. The van der Waals surface area contributed by atoms with Crippen LogP contribution in [0.5, 0.6) is 11.5 Å². The first kappa shape index (κ1) is 29.4. The van der Waals surface area contributed by atoms with E-state index in [2.05, 4.69) is 20.3 Å². The van der Waals surface area contributed by atoms with Gasteiger partial charge in [0.05, 0.1) is 24.8 Å². The van der Waals surface area contributed by atoms with Gasteiger partial charge in [-0.25, -0.2) is 19.4 Å². The minimum atomic E-state index is -1.10. The first-order chi connectivity index (χ1) is 20.5. The van der Waals surface area contributed by atoms with Crippen molar-refractivity contribution in [3.05, 3.63) is 71.9 Å². The zero-order chi connectivity index (χ0) is 30.9. The molecule has 2 aliphatic heterocycles. The Hall–Kier alpha value is -5.07. The third kappa shape index (κ3) is 5.96. The number of aromatic nitrogens is 2. The summed E-state index contributed by atoms with van der Waals surface area (Å²) >= 11 is 0. The lowest BCUT2D eigenvalue weighted by atomic mass is 9.99. The number of nitrogens with one attached hydrogen (secondary N) is 1. The highest BCUT2D eigenvalue weighted by atomic mass is 19.1. The zero-order valence-electron chi connectivity index (χ0n) is 24.4. The van der Waals surface area contributed by atoms with Gasteiger partial charge in [-0.05, 0) is 49.7 Å². The largest absolute Gasteiger partial charge is 0.451 e. The van der Waals surface area contributed by atoms with Crippen molar-refractivity contribution in [2.75, 3.05) is 30.4 Å². The maximum absolute atomic E-state index is 14.2. The Morgan fingerprint density at radius 2 is 1.93 bits per heavy atom. The molecule has 3 N–H and O–H groups in total. The fraction of sp³-hybridized carbons (Fsp3) is 0.333. The molecule has 12 nitrogen and oxygen atoms in total. The van der Waals surface area contributed by atoms with Crippen LogP contribution in [0.1, 0.15) is 43.1 Å². The zero-order valence-corrected chi connectivity index (χ0v) is 24.4. The molecule has 3 amide bonds. The van der Waals surface area contributed by atoms with Gasteiger partial charge in [0.2, 0.25) is 5.91 Å². The van der Waals surface area contributed by atoms with Crippen LogP contribution < -0.4 is 20.7 Å². The average molecular weight is 589 g/mol. The number of rotatable bonds is 8. The number of ether oxygens (including phenoxy) is 1. The molecule has 2 aliphatic rings. The second-order valence-electron chi connectivity index (χ2n) is 10.9. The first-order valence-electron chi connectivity index (χ1n) is 13.8. The van der Waals surface area contributed by atoms with Gasteiger partial charge in [0.25, 0.3) is 11.8 Å². The molecule has 1 aromatic heterocycles. The third-order valence-electron chi connectivity index (χ3n) is 7.56. The van der Waals surface area contributed by atoms with E-state index in [1.807, 2.05) is 30.9 Å². The maximum Gasteiger partial charge on any atom is 0.259 e. The number of benzene rings is 2. The highest BCUT2D eigenvalue weighted by Gasteiger charge is 2.52. The molecule has 0 radical (unpaired) electrons. The number of guanidine groups is 1. The van der Waals surface area contributed by atoms with E-state index in [1.165, 1.54) is 41.4 Å². The van der Waals surface area contributed by atoms with E-state index in [-0.39, 0.29) is 54.0 Å². The second kappa shape index (κ2) is 11.7. The normalized spacial score (nSPS) is 17.9. The molecule has 1 atom stereocenters. The monoisotopic (exact) mass is 588 g/mol. The molecule has 0 aliphatic carbocycles. The lowest BCUT2D eigenvalue weighted by molar-refractivity contribution is -0.131. The van der Waals surface area contributed by atoms with Crippen molar-refractivity contribution in [1.82, 2.24) is 19.8 Å². The van der Waals surface area contributed by atoms with Gasteiger partial charge >= 0.3 is 0 Å². The Morgan fingerprint density at radius 3 is 2.63 bits per heavy atom. The van der Waals surface area contributed by atoms with Gasteiger partial charge in [-0.2, -0.15) is 0 Å². The number of anilines is 2. The molecule has 2 aromatic carbocycles. The molecular weight excluding hydrogens is 555 g/mol. The fourth-order valence-corrected chi connectivity index (χ4v) is 5.08. The number of halogens is 1. The van der Waals surface area contributed by atoms with Crippen molar-refractivity contribution >= 4 is 35.2 Å². The van der Waals surface area contributed by atoms with Crippen LogP contribution in [0.4, 0.5) is 15.9 Å². The quantitative estimate of drug-likeness (QED) is 0.408. The van der Waals surface area contributed by atoms with Crippen LogP contribution in [-0.4, -0.2) is 75.2 Å². The van der Waals surface area contributed by atoms with Crippen LogP contribution >= 0.6 is 0 Å². The molecule has 13 heteroatoms. The molecule has 0 bridgehead atoms. The molecule has 3 aromatic rings. The Morgan fingerprint density at radius 1 is 1.19 bits per heavy atom. The van der Waals surface area contributed by atoms with Crippen LogP contribution in [0.2, 0.25) is 0 Å². The fourth-order valence-electron chi connectivity index (χ4n) is 5.08. The lowest BCUT2D eigenvalue weighted by Crippen LogP contribution is -2.45. The summed E-state index contributed by atoms with van der Waals surface area (Å²) in [6.07, 6.45) is 3.22. The summed E-state index contributed by atoms with van der Waals surface area (Å²) < 4.78 is 20.3. The SMILES string of the molecule is CC(=O)Nc1ccc(CN2C(=O)C3(CCN(c4ncncc4Oc4ccc(F)cc4C(=O)N(C)C(C)C)C3)N=C2N)cc1. The molecule has 1 spiro atoms. The number of amides is 3. The molecule has 1 fully saturated rings. The molecule has 1 unspecified atom stereocenters. The molecule has 224 valence electrons. The van der Waals surface area contributed by atoms with Gasteiger partial charge in [0, 0.05) is 38.7 Å². The predicted molar refractivity (Wildman–Crippen MR) is 158 cm³/mol. The minimum absolute atomic E-state index is 0.0630. The summed E-state index contributed by atoms with van der Waals surface area (Å²) in [5.74, 6) is -0.436. The van der Waals surface area contributed by atoms with E-state index in [4.69, 9.17) is 10.5 Å². The maximum atomic E-state index is 14.2. The average Bonchev–Trinajstić information content (AvgIpc) is 3.50. The van der Waals surface area contributed by atoms with Gasteiger partial charge in [0.15, 0.2) is 23.1 Å². The summed E-state index contributed by atoms with van der Waals surface area (Å²) in [4.78, 5) is 56.0. The van der Waals surface area contributed by atoms with Crippen LogP contribution in [0.15, 0.2) is 60.0 Å². The van der Waals surface area contributed by atoms with Crippen LogP contribution in [0.25, 0.3) is 0 Å². The van der Waals surface area contributed by atoms with Crippen molar-refractivity contribution in [3.8, 4) is 11.5 Å². The topological polar surface area (TPSA) is 146 Å². The van der Waals surface area contributed by atoms with Gasteiger partial charge in [-0.3, -0.25) is 19.3 Å². The molecular formula is C30H33FN8O4. The summed E-state index contributed by atoms with van der Waals surface area (Å²) in [7, 11) is 1.64. The number of hydrogen-bond donors (Lipinski definition) is 2. The van der Waals surface area contributed by atoms with E-state index in [0.717, 1.165) is 11.6 Å². The second-order valence-corrected chi connectivity index (χ2v) is 10.9. The highest BCUT2D eigenvalue weighted by Crippen LogP contribution is 2.39. The Balaban J connectivity index is 1.34. The van der Waals surface area contributed by atoms with Gasteiger partial charge in [-0.15, -0.1) is 0 Å². The number of carbonyl (C=O) groups is 3. The molecule has 0 saturated carbocycles. The summed E-state index contributed by atoms with van der Waals surface area (Å²) in [6.45, 7) is 6.00. The summed E-state index contributed by atoms with van der Waals surface area (Å²) in [5, 5.41) is 2.71. The van der Waals surface area contributed by atoms with Crippen molar-refractivity contribution in [2.45, 2.75) is 45.3 Å². The van der Waals surface area contributed by atoms with Crippen molar-refractivity contribution in [2.24, 2.45) is 10.7 Å². The smallest absolute Gasteiger partial charge is 0.259 e. The Kier molecular flexibility index (Phi) is 7.98. The number of carbonyl (C=O) groups excluding carboxylic acids is 3. The van der Waals surface area contributed by atoms with Crippen LogP contribution in [0.3, 0.4) is 0 Å². The standard InChI is InChI=1S/C30H33FN8O4/c1-18(2)37(4)27(41)23-13-21(31)7-10-24(23)43-25-14-33-17-34-26(25)38-12-11-30(16-38)28(42)39(29(32)36-30)15-20-5-8-22(9-6-20)35-19(3)40/h5-10,13-14,17-18H,11-12,15-16H2,1-4H3,(H2,32,36)(H,35,40). The van der Waals surface area contributed by atoms with Crippen LogP contribution in [-0.2, 0) is 16.1 Å². The van der Waals surface area contributed by atoms with Crippen LogP contribution in [0, 0.1) is 5.82 Å². The number of hydrogen-bond acceptors (Lipinski definition) is 9. The van der Waals surface area contributed by atoms with E-state index < -0.39 is 17.3 Å². The molecule has 3 heterocycles. The van der Waals surface area contributed by atoms with Crippen molar-refractivity contribution in [1.29, 1.82) is 0 Å². The molecule has 1 saturated heterocycles. The minimum Gasteiger partial charge on any atom is -0.451 e. The number of nitrogens with two attached hydrogens (primary N) is 1. The Labute approximate surface area is 248 Å². The van der Waals surface area contributed by atoms with Crippen molar-refractivity contribution < 1.29 is 23.5 Å². The number of aliphatic imine (C=N–C) groups is 1. The van der Waals surface area contributed by atoms with Crippen molar-refractivity contribution in [3.63, 3.8) is 0 Å². The van der Waals surface area contributed by atoms with Gasteiger partial charge < -0.3 is 25.6 Å². The molecule has 43 heavy (non-hydrogen) atoms. The lowest BCUT2D eigenvalue weighted by Gasteiger charge is -2.25. The van der Waals surface area contributed by atoms with E-state index in [9.17, 15) is 18.8 Å². The third-order valence-corrected chi connectivity index (χ3v) is 7.56.